The van der Waals surface area contributed by atoms with Gasteiger partial charge in [-0.25, -0.2) is 17.5 Å². The van der Waals surface area contributed by atoms with Crippen LogP contribution in [0.1, 0.15) is 55.8 Å². The first kappa shape index (κ1) is 27.0. The molecule has 0 saturated carbocycles. The van der Waals surface area contributed by atoms with Crippen molar-refractivity contribution < 1.29 is 35.9 Å². The molecule has 0 aliphatic heterocycles. The second kappa shape index (κ2) is 12.1. The molecule has 0 saturated heterocycles. The molecule has 0 aliphatic rings. The Hall–Kier alpha value is -2.01. The molecule has 178 valence electrons. The van der Waals surface area contributed by atoms with Crippen molar-refractivity contribution in [2.45, 2.75) is 56.5 Å². The van der Waals surface area contributed by atoms with Crippen molar-refractivity contribution >= 4 is 21.7 Å². The van der Waals surface area contributed by atoms with Gasteiger partial charge >= 0.3 is 12.1 Å². The fourth-order valence-electron chi connectivity index (χ4n) is 2.86. The molecule has 31 heavy (non-hydrogen) atoms. The van der Waals surface area contributed by atoms with E-state index in [2.05, 4.69) is 5.32 Å². The predicted octanol–water partition coefficient (Wildman–Crippen LogP) is 4.44. The van der Waals surface area contributed by atoms with Crippen LogP contribution < -0.4 is 10.1 Å². The van der Waals surface area contributed by atoms with Crippen molar-refractivity contribution in [3.05, 3.63) is 17.7 Å². The molecule has 0 bridgehead atoms. The van der Waals surface area contributed by atoms with Gasteiger partial charge in [0.05, 0.1) is 19.4 Å². The maximum absolute atomic E-state index is 12.8. The van der Waals surface area contributed by atoms with Gasteiger partial charge in [-0.15, -0.1) is 0 Å². The summed E-state index contributed by atoms with van der Waals surface area (Å²) in [5, 5.41) is 3.05. The predicted molar refractivity (Wildman–Crippen MR) is 112 cm³/mol. The van der Waals surface area contributed by atoms with Crippen molar-refractivity contribution in [3.63, 3.8) is 0 Å². The minimum absolute atomic E-state index is 0.00000959. The average Bonchev–Trinajstić information content (AvgIpc) is 2.68. The van der Waals surface area contributed by atoms with Gasteiger partial charge in [0.25, 0.3) is 0 Å². The highest BCUT2D eigenvalue weighted by Crippen LogP contribution is 2.32. The van der Waals surface area contributed by atoms with Crippen LogP contribution in [-0.2, 0) is 14.8 Å². The van der Waals surface area contributed by atoms with E-state index >= 15 is 0 Å². The normalized spacial score (nSPS) is 12.1. The maximum atomic E-state index is 12.8. The number of benzene rings is 1. The SMILES string of the molecule is CCOc1cc(NCCCCCCCC(F)(F)F)c(S(=O)(=O)N(C)C)cc1C(=O)OC. The molecular weight excluding hydrogens is 437 g/mol. The Morgan fingerprint density at radius 3 is 2.26 bits per heavy atom. The third-order valence-corrected chi connectivity index (χ3v) is 6.35. The van der Waals surface area contributed by atoms with E-state index in [9.17, 15) is 26.4 Å². The molecule has 1 N–H and O–H groups in total. The van der Waals surface area contributed by atoms with E-state index in [0.717, 1.165) is 4.31 Å². The lowest BCUT2D eigenvalue weighted by molar-refractivity contribution is -0.135. The molecule has 0 heterocycles. The molecule has 0 fully saturated rings. The van der Waals surface area contributed by atoms with Crippen LogP contribution >= 0.6 is 0 Å². The number of anilines is 1. The molecule has 0 radical (unpaired) electrons. The monoisotopic (exact) mass is 468 g/mol. The van der Waals surface area contributed by atoms with E-state index < -0.39 is 28.6 Å². The quantitative estimate of drug-likeness (QED) is 0.340. The van der Waals surface area contributed by atoms with Gasteiger partial charge in [0.1, 0.15) is 16.2 Å². The number of halogens is 3. The number of ether oxygens (including phenoxy) is 2. The van der Waals surface area contributed by atoms with E-state index in [1.807, 2.05) is 0 Å². The summed E-state index contributed by atoms with van der Waals surface area (Å²) in [6.45, 7) is 2.41. The summed E-state index contributed by atoms with van der Waals surface area (Å²) in [7, 11) is 0.0888. The van der Waals surface area contributed by atoms with Gasteiger partial charge in [0, 0.05) is 33.1 Å². The van der Waals surface area contributed by atoms with Gasteiger partial charge in [0.2, 0.25) is 10.0 Å². The zero-order valence-electron chi connectivity index (χ0n) is 18.3. The van der Waals surface area contributed by atoms with Gasteiger partial charge in [0.15, 0.2) is 0 Å². The van der Waals surface area contributed by atoms with Crippen LogP contribution in [0.25, 0.3) is 0 Å². The summed E-state index contributed by atoms with van der Waals surface area (Å²) in [5.41, 5.74) is 0.280. The summed E-state index contributed by atoms with van der Waals surface area (Å²) >= 11 is 0. The lowest BCUT2D eigenvalue weighted by Gasteiger charge is -2.19. The van der Waals surface area contributed by atoms with Crippen LogP contribution in [0.5, 0.6) is 5.75 Å². The first-order valence-electron chi connectivity index (χ1n) is 10.1. The van der Waals surface area contributed by atoms with Crippen LogP contribution in [0, 0.1) is 0 Å². The number of methoxy groups -OCH3 is 1. The zero-order valence-corrected chi connectivity index (χ0v) is 19.2. The van der Waals surface area contributed by atoms with Crippen molar-refractivity contribution in [1.29, 1.82) is 0 Å². The average molecular weight is 469 g/mol. The van der Waals surface area contributed by atoms with Crippen LogP contribution in [0.3, 0.4) is 0 Å². The Morgan fingerprint density at radius 2 is 1.71 bits per heavy atom. The van der Waals surface area contributed by atoms with E-state index in [0.29, 0.717) is 32.2 Å². The molecular formula is C20H31F3N2O5S. The Labute approximate surface area is 181 Å². The van der Waals surface area contributed by atoms with Crippen molar-refractivity contribution in [2.24, 2.45) is 0 Å². The summed E-state index contributed by atoms with van der Waals surface area (Å²) in [6.07, 6.45) is -2.29. The summed E-state index contributed by atoms with van der Waals surface area (Å²) in [4.78, 5) is 12.0. The van der Waals surface area contributed by atoms with Gasteiger partial charge in [-0.3, -0.25) is 0 Å². The fraction of sp³-hybridized carbons (Fsp3) is 0.650. The molecule has 1 aromatic carbocycles. The highest BCUT2D eigenvalue weighted by Gasteiger charge is 2.27. The number of hydrogen-bond acceptors (Lipinski definition) is 6. The number of rotatable bonds is 13. The molecule has 7 nitrogen and oxygen atoms in total. The Bertz CT molecular complexity index is 827. The summed E-state index contributed by atoms with van der Waals surface area (Å²) < 4.78 is 73.3. The molecule has 0 amide bonds. The number of hydrogen-bond donors (Lipinski definition) is 1. The van der Waals surface area contributed by atoms with Crippen molar-refractivity contribution in [2.75, 3.05) is 39.7 Å². The number of unbranched alkanes of at least 4 members (excludes halogenated alkanes) is 4. The Kier molecular flexibility index (Phi) is 10.6. The number of sulfonamides is 1. The molecule has 1 aromatic rings. The third-order valence-electron chi connectivity index (χ3n) is 4.50. The minimum atomic E-state index is -4.12. The molecule has 0 unspecified atom stereocenters. The summed E-state index contributed by atoms with van der Waals surface area (Å²) in [5.74, 6) is -0.522. The first-order valence-corrected chi connectivity index (χ1v) is 11.5. The maximum Gasteiger partial charge on any atom is 0.389 e. The number of carbonyl (C=O) groups is 1. The molecule has 0 atom stereocenters. The number of carbonyl (C=O) groups excluding carboxylic acids is 1. The molecule has 1 rings (SSSR count). The number of nitrogens with one attached hydrogen (secondary N) is 1. The van der Waals surface area contributed by atoms with E-state index in [1.165, 1.54) is 33.3 Å². The van der Waals surface area contributed by atoms with E-state index in [4.69, 9.17) is 9.47 Å². The highest BCUT2D eigenvalue weighted by atomic mass is 32.2. The second-order valence-corrected chi connectivity index (χ2v) is 9.24. The number of esters is 1. The third kappa shape index (κ3) is 8.56. The van der Waals surface area contributed by atoms with Crippen LogP contribution in [0.4, 0.5) is 18.9 Å². The molecule has 11 heteroatoms. The standard InChI is InChI=1S/C20H31F3N2O5S/c1-5-30-17-14-16(24-12-10-8-6-7-9-11-20(21,22)23)18(31(27,28)25(2)3)13-15(17)19(26)29-4/h13-14,24H,5-12H2,1-4H3. The smallest absolute Gasteiger partial charge is 0.389 e. The first-order chi connectivity index (χ1) is 14.4. The van der Waals surface area contributed by atoms with E-state index in [1.54, 1.807) is 6.92 Å². The van der Waals surface area contributed by atoms with Crippen LogP contribution in [-0.4, -0.2) is 59.2 Å². The molecule has 0 spiro atoms. The van der Waals surface area contributed by atoms with Crippen molar-refractivity contribution in [3.8, 4) is 5.75 Å². The van der Waals surface area contributed by atoms with Crippen LogP contribution in [0.15, 0.2) is 17.0 Å². The highest BCUT2D eigenvalue weighted by molar-refractivity contribution is 7.89. The van der Waals surface area contributed by atoms with Crippen molar-refractivity contribution in [1.82, 2.24) is 4.31 Å². The topological polar surface area (TPSA) is 84.9 Å². The minimum Gasteiger partial charge on any atom is -0.493 e. The lowest BCUT2D eigenvalue weighted by Crippen LogP contribution is -2.24. The zero-order chi connectivity index (χ0) is 23.7. The second-order valence-electron chi connectivity index (χ2n) is 7.12. The molecule has 0 aliphatic carbocycles. The van der Waals surface area contributed by atoms with Gasteiger partial charge < -0.3 is 14.8 Å². The number of nitrogens with zero attached hydrogens (tertiary/aromatic N) is 1. The Balaban J connectivity index is 2.92. The fourth-order valence-corrected chi connectivity index (χ4v) is 3.93. The van der Waals surface area contributed by atoms with Gasteiger partial charge in [-0.1, -0.05) is 19.3 Å². The van der Waals surface area contributed by atoms with Crippen LogP contribution in [0.2, 0.25) is 0 Å². The molecule has 0 aromatic heterocycles. The lowest BCUT2D eigenvalue weighted by atomic mass is 10.1. The number of alkyl halides is 3. The van der Waals surface area contributed by atoms with Gasteiger partial charge in [-0.2, -0.15) is 13.2 Å². The van der Waals surface area contributed by atoms with Gasteiger partial charge in [-0.05, 0) is 25.8 Å². The Morgan fingerprint density at radius 1 is 1.10 bits per heavy atom. The summed E-state index contributed by atoms with van der Waals surface area (Å²) in [6, 6.07) is 2.68. The van der Waals surface area contributed by atoms with E-state index in [-0.39, 0.29) is 34.9 Å². The largest absolute Gasteiger partial charge is 0.493 e.